The highest BCUT2D eigenvalue weighted by Crippen LogP contribution is 2.33. The zero-order chi connectivity index (χ0) is 14.8. The molecule has 3 rings (SSSR count). The zero-order valence-corrected chi connectivity index (χ0v) is 14.6. The van der Waals surface area contributed by atoms with E-state index in [0.717, 1.165) is 28.1 Å². The molecule has 2 saturated heterocycles. The van der Waals surface area contributed by atoms with Crippen LogP contribution in [0.25, 0.3) is 0 Å². The van der Waals surface area contributed by atoms with E-state index >= 15 is 0 Å². The van der Waals surface area contributed by atoms with E-state index in [1.165, 1.54) is 32.4 Å². The molecule has 21 heavy (non-hydrogen) atoms. The van der Waals surface area contributed by atoms with E-state index in [9.17, 15) is 0 Å². The SMILES string of the molecule is NCC(c1cc(Br)ccc1Cl)N1CCC(N2CCCC2)C1. The summed E-state index contributed by atoms with van der Waals surface area (Å²) in [5.74, 6) is 0. The molecule has 0 bridgehead atoms. The van der Waals surface area contributed by atoms with E-state index in [4.69, 9.17) is 17.3 Å². The molecule has 2 aliphatic heterocycles. The summed E-state index contributed by atoms with van der Waals surface area (Å²) in [6.45, 7) is 5.38. The second-order valence-corrected chi connectivity index (χ2v) is 7.42. The molecule has 2 aliphatic rings. The van der Waals surface area contributed by atoms with Crippen LogP contribution in [-0.2, 0) is 0 Å². The van der Waals surface area contributed by atoms with Crippen LogP contribution < -0.4 is 5.73 Å². The van der Waals surface area contributed by atoms with Gasteiger partial charge in [-0.25, -0.2) is 0 Å². The summed E-state index contributed by atoms with van der Waals surface area (Å²) in [4.78, 5) is 5.16. The molecular weight excluding hydrogens is 350 g/mol. The van der Waals surface area contributed by atoms with Crippen LogP contribution in [-0.4, -0.2) is 48.6 Å². The van der Waals surface area contributed by atoms with Crippen LogP contribution >= 0.6 is 27.5 Å². The molecule has 0 amide bonds. The summed E-state index contributed by atoms with van der Waals surface area (Å²) in [7, 11) is 0. The van der Waals surface area contributed by atoms with Crippen molar-refractivity contribution in [2.45, 2.75) is 31.3 Å². The number of hydrogen-bond acceptors (Lipinski definition) is 3. The molecule has 2 unspecified atom stereocenters. The number of benzene rings is 1. The molecule has 0 aliphatic carbocycles. The molecule has 1 aromatic rings. The summed E-state index contributed by atoms with van der Waals surface area (Å²) < 4.78 is 1.07. The van der Waals surface area contributed by atoms with Crippen LogP contribution in [0.1, 0.15) is 30.9 Å². The lowest BCUT2D eigenvalue weighted by molar-refractivity contribution is 0.203. The highest BCUT2D eigenvalue weighted by molar-refractivity contribution is 9.10. The average Bonchev–Trinajstić information content (AvgIpc) is 3.14. The largest absolute Gasteiger partial charge is 0.329 e. The van der Waals surface area contributed by atoms with E-state index in [2.05, 4.69) is 31.8 Å². The Kier molecular flexibility index (Phi) is 5.23. The molecule has 0 spiro atoms. The fourth-order valence-electron chi connectivity index (χ4n) is 3.70. The number of hydrogen-bond donors (Lipinski definition) is 1. The first kappa shape index (κ1) is 15.8. The Balaban J connectivity index is 1.73. The van der Waals surface area contributed by atoms with Crippen molar-refractivity contribution in [3.05, 3.63) is 33.3 Å². The first-order chi connectivity index (χ1) is 10.2. The number of nitrogens with two attached hydrogens (primary N) is 1. The van der Waals surface area contributed by atoms with Gasteiger partial charge in [0.1, 0.15) is 0 Å². The first-order valence-corrected chi connectivity index (χ1v) is 8.99. The number of nitrogens with zero attached hydrogens (tertiary/aromatic N) is 2. The van der Waals surface area contributed by atoms with Gasteiger partial charge in [-0.15, -0.1) is 0 Å². The minimum absolute atomic E-state index is 0.225. The van der Waals surface area contributed by atoms with Gasteiger partial charge in [0.2, 0.25) is 0 Å². The number of halogens is 2. The monoisotopic (exact) mass is 371 g/mol. The van der Waals surface area contributed by atoms with Crippen molar-refractivity contribution >= 4 is 27.5 Å². The van der Waals surface area contributed by atoms with E-state index in [-0.39, 0.29) is 6.04 Å². The van der Waals surface area contributed by atoms with Crippen molar-refractivity contribution < 1.29 is 0 Å². The van der Waals surface area contributed by atoms with Crippen LogP contribution in [0.5, 0.6) is 0 Å². The predicted octanol–water partition coefficient (Wildman–Crippen LogP) is 3.27. The van der Waals surface area contributed by atoms with Crippen LogP contribution in [0.15, 0.2) is 22.7 Å². The molecule has 116 valence electrons. The Bertz CT molecular complexity index is 490. The molecule has 2 N–H and O–H groups in total. The highest BCUT2D eigenvalue weighted by atomic mass is 79.9. The lowest BCUT2D eigenvalue weighted by Crippen LogP contribution is -2.38. The zero-order valence-electron chi connectivity index (χ0n) is 12.3. The first-order valence-electron chi connectivity index (χ1n) is 7.82. The topological polar surface area (TPSA) is 32.5 Å². The van der Waals surface area contributed by atoms with Gasteiger partial charge in [-0.1, -0.05) is 27.5 Å². The third-order valence-electron chi connectivity index (χ3n) is 4.83. The van der Waals surface area contributed by atoms with Gasteiger partial charge < -0.3 is 5.73 Å². The fourth-order valence-corrected chi connectivity index (χ4v) is 4.32. The van der Waals surface area contributed by atoms with Crippen molar-refractivity contribution in [3.8, 4) is 0 Å². The van der Waals surface area contributed by atoms with Crippen molar-refractivity contribution in [2.24, 2.45) is 5.73 Å². The molecule has 1 aromatic carbocycles. The Labute approximate surface area is 140 Å². The molecule has 0 saturated carbocycles. The maximum Gasteiger partial charge on any atom is 0.0486 e. The third-order valence-corrected chi connectivity index (χ3v) is 5.67. The van der Waals surface area contributed by atoms with Crippen LogP contribution in [0.3, 0.4) is 0 Å². The maximum atomic E-state index is 6.40. The lowest BCUT2D eigenvalue weighted by Gasteiger charge is -2.29. The molecular formula is C16H23BrClN3. The summed E-state index contributed by atoms with van der Waals surface area (Å²) in [6.07, 6.45) is 3.96. The van der Waals surface area contributed by atoms with E-state index in [0.29, 0.717) is 12.6 Å². The normalized spacial score (nSPS) is 25.6. The Hall–Kier alpha value is -0.130. The summed E-state index contributed by atoms with van der Waals surface area (Å²) in [5.41, 5.74) is 7.22. The standard InChI is InChI=1S/C16H23BrClN3/c17-12-3-4-15(18)14(9-12)16(10-19)21-8-5-13(11-21)20-6-1-2-7-20/h3-4,9,13,16H,1-2,5-8,10-11,19H2. The van der Waals surface area contributed by atoms with Crippen LogP contribution in [0.4, 0.5) is 0 Å². The summed E-state index contributed by atoms with van der Waals surface area (Å²) in [6, 6.07) is 6.98. The van der Waals surface area contributed by atoms with Gasteiger partial charge in [0.25, 0.3) is 0 Å². The molecule has 2 atom stereocenters. The minimum atomic E-state index is 0.225. The van der Waals surface area contributed by atoms with Crippen molar-refractivity contribution in [1.82, 2.24) is 9.80 Å². The Morgan fingerprint density at radius 3 is 2.76 bits per heavy atom. The predicted molar refractivity (Wildman–Crippen MR) is 91.7 cm³/mol. The average molecular weight is 373 g/mol. The van der Waals surface area contributed by atoms with E-state index in [1.54, 1.807) is 0 Å². The van der Waals surface area contributed by atoms with Crippen LogP contribution in [0, 0.1) is 0 Å². The second-order valence-electron chi connectivity index (χ2n) is 6.10. The van der Waals surface area contributed by atoms with Crippen molar-refractivity contribution in [2.75, 3.05) is 32.7 Å². The van der Waals surface area contributed by atoms with Gasteiger partial charge >= 0.3 is 0 Å². The lowest BCUT2D eigenvalue weighted by atomic mass is 10.1. The Morgan fingerprint density at radius 2 is 2.05 bits per heavy atom. The fraction of sp³-hybridized carbons (Fsp3) is 0.625. The third kappa shape index (κ3) is 3.45. The second kappa shape index (κ2) is 6.97. The smallest absolute Gasteiger partial charge is 0.0486 e. The van der Waals surface area contributed by atoms with Gasteiger partial charge in [0.05, 0.1) is 0 Å². The number of likely N-dealkylation sites (tertiary alicyclic amines) is 2. The van der Waals surface area contributed by atoms with E-state index < -0.39 is 0 Å². The van der Waals surface area contributed by atoms with Gasteiger partial charge in [-0.3, -0.25) is 9.80 Å². The van der Waals surface area contributed by atoms with Crippen molar-refractivity contribution in [3.63, 3.8) is 0 Å². The van der Waals surface area contributed by atoms with Crippen LogP contribution in [0.2, 0.25) is 5.02 Å². The molecule has 0 radical (unpaired) electrons. The summed E-state index contributed by atoms with van der Waals surface area (Å²) >= 11 is 9.94. The van der Waals surface area contributed by atoms with E-state index in [1.807, 2.05) is 12.1 Å². The maximum absolute atomic E-state index is 6.40. The van der Waals surface area contributed by atoms with Gasteiger partial charge in [-0.2, -0.15) is 0 Å². The highest BCUT2D eigenvalue weighted by Gasteiger charge is 2.33. The quantitative estimate of drug-likeness (QED) is 0.880. The molecule has 2 heterocycles. The molecule has 0 aromatic heterocycles. The molecule has 3 nitrogen and oxygen atoms in total. The van der Waals surface area contributed by atoms with Gasteiger partial charge in [0.15, 0.2) is 0 Å². The van der Waals surface area contributed by atoms with Crippen molar-refractivity contribution in [1.29, 1.82) is 0 Å². The molecule has 5 heteroatoms. The van der Waals surface area contributed by atoms with Gasteiger partial charge in [-0.05, 0) is 56.1 Å². The number of rotatable bonds is 4. The molecule has 2 fully saturated rings. The summed E-state index contributed by atoms with van der Waals surface area (Å²) in [5, 5.41) is 0.818. The van der Waals surface area contributed by atoms with Gasteiger partial charge in [0, 0.05) is 41.2 Å². The Morgan fingerprint density at radius 1 is 1.29 bits per heavy atom. The minimum Gasteiger partial charge on any atom is -0.329 e.